The van der Waals surface area contributed by atoms with Crippen LogP contribution >= 0.6 is 11.6 Å². The maximum atomic E-state index is 13.7. The van der Waals surface area contributed by atoms with Crippen molar-refractivity contribution < 1.29 is 9.90 Å². The third-order valence-electron chi connectivity index (χ3n) is 6.99. The maximum absolute atomic E-state index is 13.7. The first-order valence-electron chi connectivity index (χ1n) is 11.6. The van der Waals surface area contributed by atoms with Gasteiger partial charge in [0.25, 0.3) is 5.91 Å². The number of alkyl halides is 1. The summed E-state index contributed by atoms with van der Waals surface area (Å²) < 4.78 is 0. The summed E-state index contributed by atoms with van der Waals surface area (Å²) in [7, 11) is 0. The summed E-state index contributed by atoms with van der Waals surface area (Å²) >= 11 is 6.38. The highest BCUT2D eigenvalue weighted by Gasteiger charge is 2.35. The van der Waals surface area contributed by atoms with Gasteiger partial charge in [-0.15, -0.1) is 11.6 Å². The number of carbonyl (C=O) groups is 1. The topological polar surface area (TPSA) is 82.3 Å². The van der Waals surface area contributed by atoms with Crippen molar-refractivity contribution in [1.29, 1.82) is 0 Å². The second kappa shape index (κ2) is 8.07. The number of hydrogen-bond acceptors (Lipinski definition) is 3. The van der Waals surface area contributed by atoms with Crippen molar-refractivity contribution in [1.82, 2.24) is 4.98 Å². The van der Waals surface area contributed by atoms with Gasteiger partial charge in [-0.2, -0.15) is 0 Å². The molecule has 1 amide bonds. The van der Waals surface area contributed by atoms with Crippen LogP contribution in [0.3, 0.4) is 0 Å². The molecule has 1 atom stereocenters. The van der Waals surface area contributed by atoms with Gasteiger partial charge in [0.05, 0.1) is 5.69 Å². The zero-order chi connectivity index (χ0) is 24.3. The van der Waals surface area contributed by atoms with Crippen LogP contribution in [-0.4, -0.2) is 28.4 Å². The lowest BCUT2D eigenvalue weighted by Gasteiger charge is -2.19. The predicted octanol–water partition coefficient (Wildman–Crippen LogP) is 6.57. The molecular weight excluding hydrogens is 458 g/mol. The van der Waals surface area contributed by atoms with Crippen LogP contribution in [-0.2, 0) is 0 Å². The molecule has 1 unspecified atom stereocenters. The lowest BCUT2D eigenvalue weighted by molar-refractivity contribution is 0.0988. The van der Waals surface area contributed by atoms with E-state index in [1.54, 1.807) is 11.0 Å². The molecular formula is C29H24ClN3O2. The van der Waals surface area contributed by atoms with E-state index < -0.39 is 0 Å². The van der Waals surface area contributed by atoms with E-state index >= 15 is 0 Å². The molecule has 1 aliphatic rings. The number of rotatable bonds is 3. The number of anilines is 2. The Morgan fingerprint density at radius 3 is 2.69 bits per heavy atom. The Kier molecular flexibility index (Phi) is 4.97. The molecule has 4 aromatic carbocycles. The summed E-state index contributed by atoms with van der Waals surface area (Å²) in [4.78, 5) is 18.9. The number of phenolic OH excluding ortho intramolecular Hbond substituents is 1. The lowest BCUT2D eigenvalue weighted by atomic mass is 9.92. The number of nitrogens with zero attached hydrogens (tertiary/aromatic N) is 1. The van der Waals surface area contributed by atoms with Crippen LogP contribution in [0, 0.1) is 6.92 Å². The van der Waals surface area contributed by atoms with Gasteiger partial charge in [-0.3, -0.25) is 4.79 Å². The van der Waals surface area contributed by atoms with Crippen molar-refractivity contribution in [3.8, 4) is 17.0 Å². The van der Waals surface area contributed by atoms with Gasteiger partial charge in [-0.1, -0.05) is 36.4 Å². The van der Waals surface area contributed by atoms with E-state index in [-0.39, 0.29) is 17.6 Å². The molecule has 6 heteroatoms. The van der Waals surface area contributed by atoms with Crippen LogP contribution in [0.1, 0.15) is 27.4 Å². The SMILES string of the molecule is Cc1cccc2c(O)cc3c(c12)C(CCl)CN3C(=O)c1ccc2cc(-c3ccc(N)cc3)[nH]c2c1. The summed E-state index contributed by atoms with van der Waals surface area (Å²) in [6, 6.07) is 23.0. The van der Waals surface area contributed by atoms with Gasteiger partial charge >= 0.3 is 0 Å². The number of nitrogen functional groups attached to an aromatic ring is 1. The van der Waals surface area contributed by atoms with Crippen molar-refractivity contribution >= 4 is 50.6 Å². The normalized spacial score (nSPS) is 15.1. The molecule has 2 heterocycles. The van der Waals surface area contributed by atoms with E-state index in [1.165, 1.54) is 0 Å². The number of aryl methyl sites for hydroxylation is 1. The van der Waals surface area contributed by atoms with Gasteiger partial charge in [-0.25, -0.2) is 0 Å². The Hall–Kier alpha value is -3.96. The van der Waals surface area contributed by atoms with Crippen LogP contribution in [0.4, 0.5) is 11.4 Å². The molecule has 0 saturated heterocycles. The summed E-state index contributed by atoms with van der Waals surface area (Å²) in [5.74, 6) is 0.442. The Balaban J connectivity index is 1.42. The number of H-pyrrole nitrogens is 1. The van der Waals surface area contributed by atoms with Gasteiger partial charge in [0.2, 0.25) is 0 Å². The van der Waals surface area contributed by atoms with Gasteiger partial charge in [0, 0.05) is 57.6 Å². The second-order valence-electron chi connectivity index (χ2n) is 9.20. The number of amides is 1. The van der Waals surface area contributed by atoms with Crippen LogP contribution in [0.25, 0.3) is 32.9 Å². The molecule has 1 aliphatic heterocycles. The van der Waals surface area contributed by atoms with Gasteiger partial charge in [0.1, 0.15) is 5.75 Å². The lowest BCUT2D eigenvalue weighted by Crippen LogP contribution is -2.30. The number of nitrogens with one attached hydrogen (secondary N) is 1. The van der Waals surface area contributed by atoms with Gasteiger partial charge in [-0.05, 0) is 59.3 Å². The molecule has 1 aromatic heterocycles. The van der Waals surface area contributed by atoms with Crippen LogP contribution in [0.5, 0.6) is 5.75 Å². The van der Waals surface area contributed by atoms with E-state index in [2.05, 4.69) is 11.1 Å². The van der Waals surface area contributed by atoms with Crippen molar-refractivity contribution in [2.45, 2.75) is 12.8 Å². The number of aromatic nitrogens is 1. The smallest absolute Gasteiger partial charge is 0.258 e. The van der Waals surface area contributed by atoms with Crippen LogP contribution < -0.4 is 10.6 Å². The van der Waals surface area contributed by atoms with Gasteiger partial charge < -0.3 is 20.7 Å². The Morgan fingerprint density at radius 1 is 1.11 bits per heavy atom. The summed E-state index contributed by atoms with van der Waals surface area (Å²) in [6.07, 6.45) is 0. The standard InChI is InChI=1S/C29H24ClN3O2/c1-16-3-2-4-22-26(34)13-25-28(27(16)22)20(14-30)15-33(25)29(35)19-6-5-18-11-23(32-24(18)12-19)17-7-9-21(31)10-8-17/h2-13,20,32,34H,14-15,31H2,1H3. The molecule has 4 N–H and O–H groups in total. The van der Waals surface area contributed by atoms with E-state index in [0.717, 1.165) is 49.7 Å². The molecule has 0 fully saturated rings. The largest absolute Gasteiger partial charge is 0.507 e. The molecule has 0 spiro atoms. The minimum atomic E-state index is -0.114. The quantitative estimate of drug-likeness (QED) is 0.201. The maximum Gasteiger partial charge on any atom is 0.258 e. The average molecular weight is 482 g/mol. The number of halogens is 1. The van der Waals surface area contributed by atoms with Gasteiger partial charge in [0.15, 0.2) is 0 Å². The molecule has 5 aromatic rings. The molecule has 0 saturated carbocycles. The highest BCUT2D eigenvalue weighted by molar-refractivity contribution is 6.19. The minimum Gasteiger partial charge on any atom is -0.507 e. The molecule has 0 bridgehead atoms. The molecule has 0 radical (unpaired) electrons. The third kappa shape index (κ3) is 3.43. The number of phenols is 1. The van der Waals surface area contributed by atoms with Crippen molar-refractivity contribution in [3.63, 3.8) is 0 Å². The van der Waals surface area contributed by atoms with Crippen molar-refractivity contribution in [2.24, 2.45) is 0 Å². The number of aromatic hydroxyl groups is 1. The van der Waals surface area contributed by atoms with Crippen molar-refractivity contribution in [3.05, 3.63) is 89.5 Å². The summed E-state index contributed by atoms with van der Waals surface area (Å²) in [5, 5.41) is 13.6. The van der Waals surface area contributed by atoms with Crippen molar-refractivity contribution in [2.75, 3.05) is 23.1 Å². The average Bonchev–Trinajstić information content (AvgIpc) is 3.45. The Morgan fingerprint density at radius 2 is 1.91 bits per heavy atom. The summed E-state index contributed by atoms with van der Waals surface area (Å²) in [5.41, 5.74) is 12.8. The first-order valence-corrected chi connectivity index (χ1v) is 12.1. The van der Waals surface area contributed by atoms with E-state index in [1.807, 2.05) is 67.6 Å². The first-order chi connectivity index (χ1) is 16.9. The molecule has 6 rings (SSSR count). The molecule has 5 nitrogen and oxygen atoms in total. The van der Waals surface area contributed by atoms with E-state index in [4.69, 9.17) is 17.3 Å². The highest BCUT2D eigenvalue weighted by Crippen LogP contribution is 2.46. The number of benzene rings is 4. The zero-order valence-corrected chi connectivity index (χ0v) is 19.9. The number of fused-ring (bicyclic) bond motifs is 4. The predicted molar refractivity (Wildman–Crippen MR) is 144 cm³/mol. The number of aromatic amines is 1. The zero-order valence-electron chi connectivity index (χ0n) is 19.2. The summed E-state index contributed by atoms with van der Waals surface area (Å²) in [6.45, 7) is 2.50. The number of nitrogens with two attached hydrogens (primary N) is 1. The second-order valence-corrected chi connectivity index (χ2v) is 9.51. The fourth-order valence-corrected chi connectivity index (χ4v) is 5.50. The Labute approximate surface area is 207 Å². The fraction of sp³-hybridized carbons (Fsp3) is 0.138. The van der Waals surface area contributed by atoms with E-state index in [0.29, 0.717) is 23.7 Å². The van der Waals surface area contributed by atoms with Crippen LogP contribution in [0.2, 0.25) is 0 Å². The monoisotopic (exact) mass is 481 g/mol. The molecule has 174 valence electrons. The number of carbonyl (C=O) groups excluding carboxylic acids is 1. The fourth-order valence-electron chi connectivity index (χ4n) is 5.25. The third-order valence-corrected chi connectivity index (χ3v) is 7.36. The Bertz CT molecular complexity index is 1620. The van der Waals surface area contributed by atoms with E-state index in [9.17, 15) is 9.90 Å². The van der Waals surface area contributed by atoms with Crippen LogP contribution in [0.15, 0.2) is 72.8 Å². The number of hydrogen-bond donors (Lipinski definition) is 3. The molecule has 0 aliphatic carbocycles. The first kappa shape index (κ1) is 21.6. The molecule has 35 heavy (non-hydrogen) atoms. The highest BCUT2D eigenvalue weighted by atomic mass is 35.5. The minimum absolute atomic E-state index is 0.00819.